The van der Waals surface area contributed by atoms with Gasteiger partial charge in [0.1, 0.15) is 23.1 Å². The zero-order valence-electron chi connectivity index (χ0n) is 19.1. The van der Waals surface area contributed by atoms with E-state index in [0.717, 1.165) is 24.0 Å². The maximum absolute atomic E-state index is 13.6. The number of aliphatic hydroxyl groups excluding tert-OH is 1. The summed E-state index contributed by atoms with van der Waals surface area (Å²) >= 11 is 0. The summed E-state index contributed by atoms with van der Waals surface area (Å²) < 4.78 is 34.8. The standard InChI is InChI=1S/C23H30N4O5S/c1-15-11-27(16(2)13-28)33(30,31)22-7-6-18(19-9-24-14-25-10-19)8-20(22)32-21(15)12-26(3)23(29)17-4-5-17/h6-10,14-17,21,28H,4-5,11-13H2,1-3H3/t15-,16-,21-/m0/s1. The molecule has 178 valence electrons. The summed E-state index contributed by atoms with van der Waals surface area (Å²) in [6.07, 6.45) is 6.12. The van der Waals surface area contributed by atoms with Gasteiger partial charge in [0, 0.05) is 49.4 Å². The van der Waals surface area contributed by atoms with Crippen LogP contribution in [0.3, 0.4) is 0 Å². The minimum Gasteiger partial charge on any atom is -0.487 e. The molecule has 33 heavy (non-hydrogen) atoms. The average molecular weight is 475 g/mol. The fraction of sp³-hybridized carbons (Fsp3) is 0.522. The number of aromatic nitrogens is 2. The number of aliphatic hydroxyl groups is 1. The smallest absolute Gasteiger partial charge is 0.247 e. The molecule has 1 aromatic heterocycles. The van der Waals surface area contributed by atoms with Gasteiger partial charge in [-0.05, 0) is 37.5 Å². The van der Waals surface area contributed by atoms with E-state index in [9.17, 15) is 18.3 Å². The van der Waals surface area contributed by atoms with Crippen molar-refractivity contribution in [2.75, 3.05) is 26.7 Å². The lowest BCUT2D eigenvalue weighted by Gasteiger charge is -2.37. The molecule has 0 saturated heterocycles. The maximum atomic E-state index is 13.6. The maximum Gasteiger partial charge on any atom is 0.247 e. The summed E-state index contributed by atoms with van der Waals surface area (Å²) in [4.78, 5) is 22.4. The van der Waals surface area contributed by atoms with Crippen LogP contribution in [0, 0.1) is 11.8 Å². The number of amides is 1. The fourth-order valence-electron chi connectivity index (χ4n) is 4.07. The van der Waals surface area contributed by atoms with Crippen LogP contribution in [0.4, 0.5) is 0 Å². The van der Waals surface area contributed by atoms with Gasteiger partial charge in [-0.1, -0.05) is 13.0 Å². The number of sulfonamides is 1. The number of carbonyl (C=O) groups excluding carboxylic acids is 1. The van der Waals surface area contributed by atoms with E-state index >= 15 is 0 Å². The van der Waals surface area contributed by atoms with E-state index in [1.165, 1.54) is 16.7 Å². The summed E-state index contributed by atoms with van der Waals surface area (Å²) in [5, 5.41) is 9.76. The Balaban J connectivity index is 1.76. The monoisotopic (exact) mass is 474 g/mol. The van der Waals surface area contributed by atoms with Gasteiger partial charge in [0.15, 0.2) is 0 Å². The fourth-order valence-corrected chi connectivity index (χ4v) is 5.90. The second-order valence-corrected chi connectivity index (χ2v) is 10.9. The van der Waals surface area contributed by atoms with Gasteiger partial charge in [0.25, 0.3) is 0 Å². The molecule has 0 bridgehead atoms. The van der Waals surface area contributed by atoms with Gasteiger partial charge < -0.3 is 14.7 Å². The Hall–Kier alpha value is -2.56. The van der Waals surface area contributed by atoms with Crippen LogP contribution < -0.4 is 4.74 Å². The molecule has 1 aromatic carbocycles. The minimum atomic E-state index is -3.92. The number of hydrogen-bond acceptors (Lipinski definition) is 7. The van der Waals surface area contributed by atoms with Crippen molar-refractivity contribution in [2.45, 2.75) is 43.7 Å². The Morgan fingerprint density at radius 3 is 2.61 bits per heavy atom. The van der Waals surface area contributed by atoms with Crippen molar-refractivity contribution in [3.63, 3.8) is 0 Å². The molecule has 2 heterocycles. The Morgan fingerprint density at radius 2 is 1.97 bits per heavy atom. The third-order valence-electron chi connectivity index (χ3n) is 6.32. The lowest BCUT2D eigenvalue weighted by Crippen LogP contribution is -2.50. The molecule has 9 nitrogen and oxygen atoms in total. The molecule has 4 rings (SSSR count). The average Bonchev–Trinajstić information content (AvgIpc) is 3.66. The first-order valence-electron chi connectivity index (χ1n) is 11.2. The SMILES string of the molecule is C[C@H]1CN([C@@H](C)CO)S(=O)(=O)c2ccc(-c3cncnc3)cc2O[C@H]1CN(C)C(=O)C1CC1. The zero-order valence-corrected chi connectivity index (χ0v) is 19.9. The summed E-state index contributed by atoms with van der Waals surface area (Å²) in [6, 6.07) is 4.30. The number of hydrogen-bond donors (Lipinski definition) is 1. The number of fused-ring (bicyclic) bond motifs is 1. The van der Waals surface area contributed by atoms with E-state index in [0.29, 0.717) is 6.54 Å². The van der Waals surface area contributed by atoms with Crippen molar-refractivity contribution >= 4 is 15.9 Å². The van der Waals surface area contributed by atoms with Crippen molar-refractivity contribution in [1.82, 2.24) is 19.2 Å². The van der Waals surface area contributed by atoms with E-state index in [2.05, 4.69) is 9.97 Å². The minimum absolute atomic E-state index is 0.0384. The van der Waals surface area contributed by atoms with Crippen molar-refractivity contribution in [3.05, 3.63) is 36.9 Å². The largest absolute Gasteiger partial charge is 0.487 e. The molecular formula is C23H30N4O5S. The molecule has 0 unspecified atom stereocenters. The van der Waals surface area contributed by atoms with Gasteiger partial charge in [-0.2, -0.15) is 4.31 Å². The van der Waals surface area contributed by atoms with Crippen LogP contribution in [-0.4, -0.2) is 77.5 Å². The predicted molar refractivity (Wildman–Crippen MR) is 122 cm³/mol. The van der Waals surface area contributed by atoms with Gasteiger partial charge in [-0.15, -0.1) is 0 Å². The molecule has 1 aliphatic carbocycles. The highest BCUT2D eigenvalue weighted by atomic mass is 32.2. The first kappa shape index (κ1) is 23.6. The van der Waals surface area contributed by atoms with Gasteiger partial charge in [0.2, 0.25) is 15.9 Å². The van der Waals surface area contributed by atoms with Crippen molar-refractivity contribution in [2.24, 2.45) is 11.8 Å². The molecular weight excluding hydrogens is 444 g/mol. The lowest BCUT2D eigenvalue weighted by atomic mass is 10.0. The lowest BCUT2D eigenvalue weighted by molar-refractivity contribution is -0.132. The Labute approximate surface area is 194 Å². The number of rotatable bonds is 6. The number of carbonyl (C=O) groups is 1. The van der Waals surface area contributed by atoms with Gasteiger partial charge in [-0.3, -0.25) is 4.79 Å². The van der Waals surface area contributed by atoms with E-state index in [1.54, 1.807) is 43.4 Å². The Kier molecular flexibility index (Phi) is 6.69. The first-order chi connectivity index (χ1) is 15.7. The van der Waals surface area contributed by atoms with Crippen LogP contribution in [0.1, 0.15) is 26.7 Å². The number of ether oxygens (including phenoxy) is 1. The molecule has 1 aliphatic heterocycles. The van der Waals surface area contributed by atoms with Gasteiger partial charge >= 0.3 is 0 Å². The number of benzene rings is 1. The second kappa shape index (κ2) is 9.36. The molecule has 10 heteroatoms. The molecule has 2 aliphatic rings. The van der Waals surface area contributed by atoms with E-state index in [4.69, 9.17) is 4.74 Å². The van der Waals surface area contributed by atoms with E-state index in [-0.39, 0.29) is 41.5 Å². The van der Waals surface area contributed by atoms with Crippen LogP contribution in [0.15, 0.2) is 41.8 Å². The topological polar surface area (TPSA) is 113 Å². The molecule has 1 saturated carbocycles. The quantitative estimate of drug-likeness (QED) is 0.679. The predicted octanol–water partition coefficient (Wildman–Crippen LogP) is 1.78. The third-order valence-corrected chi connectivity index (χ3v) is 8.34. The molecule has 1 fully saturated rings. The molecule has 0 spiro atoms. The molecule has 2 aromatic rings. The van der Waals surface area contributed by atoms with Crippen molar-refractivity contribution in [3.8, 4) is 16.9 Å². The molecule has 1 amide bonds. The summed E-state index contributed by atoms with van der Waals surface area (Å²) in [6.45, 7) is 3.81. The van der Waals surface area contributed by atoms with Crippen LogP contribution >= 0.6 is 0 Å². The van der Waals surface area contributed by atoms with Crippen LogP contribution in [0.25, 0.3) is 11.1 Å². The van der Waals surface area contributed by atoms with Crippen molar-refractivity contribution in [1.29, 1.82) is 0 Å². The first-order valence-corrected chi connectivity index (χ1v) is 12.6. The summed E-state index contributed by atoms with van der Waals surface area (Å²) in [5.41, 5.74) is 1.45. The van der Waals surface area contributed by atoms with Gasteiger partial charge in [0.05, 0.1) is 13.2 Å². The normalized spacial score (nSPS) is 23.5. The van der Waals surface area contributed by atoms with Gasteiger partial charge in [-0.25, -0.2) is 18.4 Å². The highest BCUT2D eigenvalue weighted by Gasteiger charge is 2.39. The Morgan fingerprint density at radius 1 is 1.27 bits per heavy atom. The van der Waals surface area contributed by atoms with Crippen molar-refractivity contribution < 1.29 is 23.1 Å². The van der Waals surface area contributed by atoms with E-state index < -0.39 is 22.2 Å². The highest BCUT2D eigenvalue weighted by molar-refractivity contribution is 7.89. The van der Waals surface area contributed by atoms with Crippen LogP contribution in [0.2, 0.25) is 0 Å². The molecule has 1 N–H and O–H groups in total. The Bertz CT molecular complexity index is 1110. The number of likely N-dealkylation sites (N-methyl/N-ethyl adjacent to an activating group) is 1. The zero-order chi connectivity index (χ0) is 23.8. The second-order valence-electron chi connectivity index (χ2n) is 9.02. The molecule has 0 radical (unpaired) electrons. The van der Waals surface area contributed by atoms with E-state index in [1.807, 2.05) is 6.92 Å². The highest BCUT2D eigenvalue weighted by Crippen LogP contribution is 2.37. The summed E-state index contributed by atoms with van der Waals surface area (Å²) in [7, 11) is -2.16. The third kappa shape index (κ3) is 4.87. The van der Waals surface area contributed by atoms with Crippen LogP contribution in [0.5, 0.6) is 5.75 Å². The molecule has 3 atom stereocenters. The summed E-state index contributed by atoms with van der Waals surface area (Å²) in [5.74, 6) is 0.175. The van der Waals surface area contributed by atoms with Crippen LogP contribution in [-0.2, 0) is 14.8 Å². The number of nitrogens with zero attached hydrogens (tertiary/aromatic N) is 4.